The molecule has 3 amide bonds. The van der Waals surface area contributed by atoms with Crippen molar-refractivity contribution < 1.29 is 19.1 Å². The number of anilines is 1. The van der Waals surface area contributed by atoms with Crippen LogP contribution in [0.1, 0.15) is 17.5 Å². The number of nitrogens with one attached hydrogen (secondary N) is 2. The first-order valence-electron chi connectivity index (χ1n) is 9.30. The summed E-state index contributed by atoms with van der Waals surface area (Å²) in [5.74, 6) is -0.0811. The molecule has 1 heterocycles. The molecule has 28 heavy (non-hydrogen) atoms. The lowest BCUT2D eigenvalue weighted by Gasteiger charge is -2.16. The van der Waals surface area contributed by atoms with Gasteiger partial charge >= 0.3 is 6.03 Å². The van der Waals surface area contributed by atoms with Crippen molar-refractivity contribution in [3.05, 3.63) is 65.5 Å². The lowest BCUT2D eigenvalue weighted by atomic mass is 10.1. The van der Waals surface area contributed by atoms with Crippen molar-refractivity contribution in [2.24, 2.45) is 5.92 Å². The van der Waals surface area contributed by atoms with Gasteiger partial charge in [-0.3, -0.25) is 4.79 Å². The number of benzene rings is 2. The summed E-state index contributed by atoms with van der Waals surface area (Å²) in [6, 6.07) is 12.7. The predicted molar refractivity (Wildman–Crippen MR) is 104 cm³/mol. The summed E-state index contributed by atoms with van der Waals surface area (Å²) in [4.78, 5) is 26.1. The Morgan fingerprint density at radius 1 is 1.07 bits per heavy atom. The molecule has 0 radical (unpaired) electrons. The fourth-order valence-corrected chi connectivity index (χ4v) is 3.16. The van der Waals surface area contributed by atoms with Crippen LogP contribution >= 0.6 is 0 Å². The van der Waals surface area contributed by atoms with Crippen LogP contribution in [0.25, 0.3) is 0 Å². The van der Waals surface area contributed by atoms with Gasteiger partial charge in [0.05, 0.1) is 6.42 Å². The van der Waals surface area contributed by atoms with Gasteiger partial charge in [0, 0.05) is 37.8 Å². The number of aliphatic hydroxyl groups excluding tert-OH is 1. The second-order valence-corrected chi connectivity index (χ2v) is 6.98. The maximum Gasteiger partial charge on any atom is 0.319 e. The Morgan fingerprint density at radius 2 is 1.75 bits per heavy atom. The van der Waals surface area contributed by atoms with E-state index in [1.165, 1.54) is 12.1 Å². The average Bonchev–Trinajstić information content (AvgIpc) is 3.18. The molecule has 0 spiro atoms. The van der Waals surface area contributed by atoms with Crippen molar-refractivity contribution in [2.45, 2.75) is 19.4 Å². The smallest absolute Gasteiger partial charge is 0.319 e. The minimum absolute atomic E-state index is 0.0497. The molecule has 0 aromatic heterocycles. The van der Waals surface area contributed by atoms with Crippen molar-refractivity contribution in [3.8, 4) is 0 Å². The number of amides is 3. The highest BCUT2D eigenvalue weighted by molar-refractivity contribution is 5.89. The van der Waals surface area contributed by atoms with Crippen molar-refractivity contribution in [1.29, 1.82) is 0 Å². The number of nitrogens with zero attached hydrogens (tertiary/aromatic N) is 1. The van der Waals surface area contributed by atoms with Gasteiger partial charge in [-0.15, -0.1) is 0 Å². The number of urea groups is 1. The maximum atomic E-state index is 12.9. The standard InChI is InChI=1S/C21H24FN3O3/c22-18-5-1-16(2-6-18)12-23-21(28)24-19-7-3-15(4-8-19)11-20(27)25-10-9-17(13-25)14-26/h1-8,17,26H,9-14H2,(H2,23,24,28)/t17-/m1/s1. The summed E-state index contributed by atoms with van der Waals surface area (Å²) in [6.45, 7) is 1.72. The molecule has 0 saturated carbocycles. The van der Waals surface area contributed by atoms with Crippen LogP contribution in [0.4, 0.5) is 14.9 Å². The first-order chi connectivity index (χ1) is 13.5. The molecule has 148 valence electrons. The predicted octanol–water partition coefficient (Wildman–Crippen LogP) is 2.53. The third-order valence-corrected chi connectivity index (χ3v) is 4.83. The molecule has 0 bridgehead atoms. The van der Waals surface area contributed by atoms with E-state index in [1.54, 1.807) is 29.2 Å². The van der Waals surface area contributed by atoms with Gasteiger partial charge in [0.1, 0.15) is 5.82 Å². The summed E-state index contributed by atoms with van der Waals surface area (Å²) in [7, 11) is 0. The lowest BCUT2D eigenvalue weighted by molar-refractivity contribution is -0.129. The zero-order chi connectivity index (χ0) is 19.9. The fourth-order valence-electron chi connectivity index (χ4n) is 3.16. The molecule has 3 rings (SSSR count). The maximum absolute atomic E-state index is 12.9. The Kier molecular flexibility index (Phi) is 6.60. The second-order valence-electron chi connectivity index (χ2n) is 6.98. The van der Waals surface area contributed by atoms with Gasteiger partial charge in [0.2, 0.25) is 5.91 Å². The number of hydrogen-bond donors (Lipinski definition) is 3. The van der Waals surface area contributed by atoms with Crippen LogP contribution in [-0.2, 0) is 17.8 Å². The van der Waals surface area contributed by atoms with Gasteiger partial charge in [0.25, 0.3) is 0 Å². The Hall–Kier alpha value is -2.93. The van der Waals surface area contributed by atoms with E-state index < -0.39 is 0 Å². The highest BCUT2D eigenvalue weighted by atomic mass is 19.1. The van der Waals surface area contributed by atoms with E-state index in [0.717, 1.165) is 17.5 Å². The molecule has 2 aromatic carbocycles. The molecule has 0 unspecified atom stereocenters. The average molecular weight is 385 g/mol. The quantitative estimate of drug-likeness (QED) is 0.715. The van der Waals surface area contributed by atoms with Crippen LogP contribution < -0.4 is 10.6 Å². The Labute approximate surface area is 163 Å². The van der Waals surface area contributed by atoms with E-state index in [4.69, 9.17) is 0 Å². The third-order valence-electron chi connectivity index (χ3n) is 4.83. The fraction of sp³-hybridized carbons (Fsp3) is 0.333. The van der Waals surface area contributed by atoms with Crippen molar-refractivity contribution >= 4 is 17.6 Å². The number of rotatable bonds is 6. The van der Waals surface area contributed by atoms with Crippen molar-refractivity contribution in [3.63, 3.8) is 0 Å². The molecular formula is C21H24FN3O3. The molecule has 7 heteroatoms. The largest absolute Gasteiger partial charge is 0.396 e. The van der Waals surface area contributed by atoms with Gasteiger partial charge in [-0.2, -0.15) is 0 Å². The van der Waals surface area contributed by atoms with E-state index in [0.29, 0.717) is 31.7 Å². The minimum atomic E-state index is -0.361. The molecular weight excluding hydrogens is 361 g/mol. The summed E-state index contributed by atoms with van der Waals surface area (Å²) in [5, 5.41) is 14.6. The van der Waals surface area contributed by atoms with Crippen LogP contribution in [-0.4, -0.2) is 41.6 Å². The van der Waals surface area contributed by atoms with Crippen LogP contribution in [0, 0.1) is 11.7 Å². The van der Waals surface area contributed by atoms with E-state index in [-0.39, 0.29) is 30.3 Å². The number of aliphatic hydroxyl groups is 1. The molecule has 1 fully saturated rings. The lowest BCUT2D eigenvalue weighted by Crippen LogP contribution is -2.30. The SMILES string of the molecule is O=C(NCc1ccc(F)cc1)Nc1ccc(CC(=O)N2CC[C@@H](CO)C2)cc1. The molecule has 1 aliphatic rings. The van der Waals surface area contributed by atoms with Gasteiger partial charge < -0.3 is 20.6 Å². The number of likely N-dealkylation sites (tertiary alicyclic amines) is 1. The minimum Gasteiger partial charge on any atom is -0.396 e. The first kappa shape index (κ1) is 19.8. The molecule has 1 saturated heterocycles. The van der Waals surface area contributed by atoms with E-state index >= 15 is 0 Å². The highest BCUT2D eigenvalue weighted by Crippen LogP contribution is 2.17. The zero-order valence-electron chi connectivity index (χ0n) is 15.5. The number of hydrogen-bond acceptors (Lipinski definition) is 3. The monoisotopic (exact) mass is 385 g/mol. The highest BCUT2D eigenvalue weighted by Gasteiger charge is 2.25. The Balaban J connectivity index is 1.45. The number of carbonyl (C=O) groups is 2. The van der Waals surface area contributed by atoms with Gasteiger partial charge in [0.15, 0.2) is 0 Å². The Bertz CT molecular complexity index is 809. The van der Waals surface area contributed by atoms with E-state index in [2.05, 4.69) is 10.6 Å². The van der Waals surface area contributed by atoms with Crippen LogP contribution in [0.3, 0.4) is 0 Å². The molecule has 6 nitrogen and oxygen atoms in total. The van der Waals surface area contributed by atoms with Crippen LogP contribution in [0.2, 0.25) is 0 Å². The molecule has 0 aliphatic carbocycles. The first-order valence-corrected chi connectivity index (χ1v) is 9.30. The number of halogens is 1. The number of carbonyl (C=O) groups excluding carboxylic acids is 2. The molecule has 3 N–H and O–H groups in total. The summed E-state index contributed by atoms with van der Waals surface area (Å²) >= 11 is 0. The summed E-state index contributed by atoms with van der Waals surface area (Å²) in [6.07, 6.45) is 1.15. The third kappa shape index (κ3) is 5.53. The van der Waals surface area contributed by atoms with Crippen molar-refractivity contribution in [1.82, 2.24) is 10.2 Å². The second kappa shape index (κ2) is 9.32. The van der Waals surface area contributed by atoms with Crippen LogP contribution in [0.15, 0.2) is 48.5 Å². The normalized spacial score (nSPS) is 16.1. The van der Waals surface area contributed by atoms with Crippen LogP contribution in [0.5, 0.6) is 0 Å². The molecule has 1 aliphatic heterocycles. The van der Waals surface area contributed by atoms with Gasteiger partial charge in [-0.1, -0.05) is 24.3 Å². The van der Waals surface area contributed by atoms with E-state index in [1.807, 2.05) is 12.1 Å². The topological polar surface area (TPSA) is 81.7 Å². The Morgan fingerprint density at radius 3 is 2.39 bits per heavy atom. The zero-order valence-corrected chi connectivity index (χ0v) is 15.5. The summed E-state index contributed by atoms with van der Waals surface area (Å²) < 4.78 is 12.9. The van der Waals surface area contributed by atoms with E-state index in [9.17, 15) is 19.1 Å². The van der Waals surface area contributed by atoms with Gasteiger partial charge in [-0.25, -0.2) is 9.18 Å². The van der Waals surface area contributed by atoms with Crippen molar-refractivity contribution in [2.75, 3.05) is 25.0 Å². The summed E-state index contributed by atoms with van der Waals surface area (Å²) in [5.41, 5.74) is 2.29. The van der Waals surface area contributed by atoms with Gasteiger partial charge in [-0.05, 0) is 41.8 Å². The molecule has 2 aromatic rings. The molecule has 1 atom stereocenters.